The Bertz CT molecular complexity index is 101. The number of hydrogen-bond donors (Lipinski definition) is 0. The van der Waals surface area contributed by atoms with E-state index in [0.717, 1.165) is 0 Å². The van der Waals surface area contributed by atoms with Crippen molar-refractivity contribution >= 4 is 113 Å². The molecule has 0 radical (unpaired) electrons. The van der Waals surface area contributed by atoms with Crippen LogP contribution in [0.25, 0.3) is 0 Å². The first-order chi connectivity index (χ1) is 0. The van der Waals surface area contributed by atoms with Crippen LogP contribution in [0.4, 0.5) is 0 Å². The van der Waals surface area contributed by atoms with E-state index >= 15 is 0 Å². The van der Waals surface area contributed by atoms with Gasteiger partial charge in [-0.3, -0.25) is 0 Å². The van der Waals surface area contributed by atoms with Crippen molar-refractivity contribution in [2.45, 2.75) is 0 Å². The van der Waals surface area contributed by atoms with Gasteiger partial charge in [0.2, 0.25) is 0 Å². The van der Waals surface area contributed by atoms with E-state index in [9.17, 15) is 0 Å². The Morgan fingerprint density at radius 3 is 0.125 bits per heavy atom. The van der Waals surface area contributed by atoms with E-state index in [1.807, 2.05) is 0 Å². The summed E-state index contributed by atoms with van der Waals surface area (Å²) in [7, 11) is 0. The topological polar surface area (TPSA) is 1350 Å². The molecule has 0 aromatic rings. The minimum Gasteiger partial charge on any atom is -2.00 e. The molecule has 64 heavy (non-hydrogen) atoms. The fourth-order valence-electron chi connectivity index (χ4n) is 0. The van der Waals surface area contributed by atoms with Gasteiger partial charge in [-0.05, 0) is 0 Å². The zero-order valence-corrected chi connectivity index (χ0v) is 76.5. The monoisotopic (exact) mass is 2630 g/mol. The molecule has 0 spiro atoms. The molecule has 0 saturated carbocycles. The fourth-order valence-corrected chi connectivity index (χ4v) is 0. The Labute approximate surface area is 730 Å². The van der Waals surface area contributed by atoms with E-state index in [1.165, 1.54) is 0 Å². The molecule has 0 unspecified atom stereocenters. The van der Waals surface area contributed by atoms with Crippen LogP contribution in [0.2, 0.25) is 0 Å². The quantitative estimate of drug-likeness (QED) is 0.203. The summed E-state index contributed by atoms with van der Waals surface area (Å²) in [5, 5.41) is 0. The zero-order chi connectivity index (χ0) is 0. The van der Waals surface area contributed by atoms with Crippen LogP contribution >= 0.6 is 0 Å². The van der Waals surface area contributed by atoms with Gasteiger partial charge in [-0.2, -0.15) is 0 Å². The summed E-state index contributed by atoms with van der Waals surface area (Å²) in [4.78, 5) is 0. The maximum absolute atomic E-state index is 0. The maximum Gasteiger partial charge on any atom is 6.00 e. The van der Waals surface area contributed by atoms with Crippen molar-refractivity contribution in [3.05, 3.63) is 0 Å². The summed E-state index contributed by atoms with van der Waals surface area (Å²) >= 11 is 0. The van der Waals surface area contributed by atoms with E-state index in [2.05, 4.69) is 0 Å². The second-order valence-corrected chi connectivity index (χ2v) is 0. The maximum atomic E-state index is 0. The van der Waals surface area contributed by atoms with Gasteiger partial charge < -0.3 is 252 Å². The summed E-state index contributed by atoms with van der Waals surface area (Å²) in [5.41, 5.74) is 0. The first-order valence-corrected chi connectivity index (χ1v) is 0. The molecule has 0 heterocycles. The Morgan fingerprint density at radius 1 is 0.125 bits per heavy atom. The molecule has 46 nitrogen and oxygen atoms in total. The van der Waals surface area contributed by atoms with Crippen LogP contribution in [0.1, 0.15) is 0 Å². The predicted molar refractivity (Wildman–Crippen MR) is 77.6 cm³/mol. The largest absolute Gasteiger partial charge is 6.00 e. The van der Waals surface area contributed by atoms with Gasteiger partial charge in [0.15, 0.2) is 0 Å². The van der Waals surface area contributed by atoms with Crippen LogP contribution in [-0.2, 0) is 325 Å². The van der Waals surface area contributed by atoms with Gasteiger partial charge in [0.25, 0.3) is 0 Å². The summed E-state index contributed by atoms with van der Waals surface area (Å²) in [5.74, 6) is 0. The van der Waals surface area contributed by atoms with Gasteiger partial charge in [0.1, 0.15) is 0 Å². The molecule has 0 saturated heterocycles. The van der Waals surface area contributed by atoms with Crippen molar-refractivity contribution in [3.8, 4) is 0 Å². The summed E-state index contributed by atoms with van der Waals surface area (Å²) in [6, 6.07) is 0. The molecular weight excluding hydrogens is 2600 g/mol. The van der Waals surface area contributed by atoms with Crippen LogP contribution in [-0.4, -0.2) is 239 Å². The smallest absolute Gasteiger partial charge is 2.00 e. The van der Waals surface area contributed by atoms with E-state index in [0.29, 0.717) is 0 Å². The van der Waals surface area contributed by atoms with Crippen LogP contribution in [0.15, 0.2) is 0 Å². The van der Waals surface area contributed by atoms with Crippen molar-refractivity contribution in [2.75, 3.05) is 0 Å². The van der Waals surface area contributed by atoms with Crippen molar-refractivity contribution in [1.29, 1.82) is 0 Å². The van der Waals surface area contributed by atoms with Gasteiger partial charge >= 0.3 is 495 Å². The van der Waals surface area contributed by atoms with Crippen LogP contribution in [0, 0.1) is 93.3 Å². The molecule has 0 aromatic heterocycles. The first-order valence-electron chi connectivity index (χ1n) is 0. The molecule has 64 heteroatoms. The molecule has 0 bridgehead atoms. The summed E-state index contributed by atoms with van der Waals surface area (Å²) in [6.07, 6.45) is 0. The SMILES string of the molecule is [Ca+2].[Ca+2].[Ca+2].[Na+].[Na+].[Na+].[Nb+5].[Nb+5].[Nb+5].[O-2].[O-2].[O-2].[O-2].[O-2].[O-2].[O-2].[O-2].[O-2].[O-2].[O-2].[O-2].[O-2].[O-2].[O-2].[O-2].[O-2].[O-2].[O-2].[O-2].[O-2].[O-2].[O-2].[OH-].[OH-].[OH-].[OH-].[OH-].[OH-].[OH-].[OH-].[OH-].[OH-].[OH-].[OH-].[OH-].[OH-].[OH-].[OH-].[OH-].[OH-].[OH-].[OH-].[OH-].[OH-].[OH-].[Ta+5].[Ta+5].[Ta+5].[Ti+4].[Ti+4].[Ti+4].[U+6].[U+6].[U+6]. The fraction of sp³-hybridized carbons (Fsp3) is 0. The number of rotatable bonds is 0. The van der Waals surface area contributed by atoms with Gasteiger partial charge in [-0.25, -0.2) is 0 Å². The average molecular weight is 2630 g/mol. The Kier molecular flexibility index (Phi) is 73000. The van der Waals surface area contributed by atoms with E-state index in [-0.39, 0.29) is 747 Å². The second kappa shape index (κ2) is 2120. The standard InChI is InChI=1S/3Ca.3Na.3Nb.23H2O.23O.3Ta.3Ti.3U/h;;;;;;;;;23*1H2;;;;;;;;;;;;;;;;;;;;;;;;;;;;;;;;/q3*+2;3*+1;3*+5;;;;;;;;;;;;;;;;;;;;;;;;23*-2;3*+5;3*+4;3*+6/p-23. The van der Waals surface area contributed by atoms with Crippen LogP contribution in [0.5, 0.6) is 0 Å². The van der Waals surface area contributed by atoms with Crippen molar-refractivity contribution in [2.24, 2.45) is 0 Å². The van der Waals surface area contributed by atoms with Crippen molar-refractivity contribution in [1.82, 2.24) is 0 Å². The average Bonchev–Trinajstić information content (AvgIpc) is 0. The van der Waals surface area contributed by atoms with Crippen molar-refractivity contribution in [3.63, 3.8) is 0 Å². The Hall–Kier alpha value is 14.7. The third-order valence-electron chi connectivity index (χ3n) is 0. The van der Waals surface area contributed by atoms with E-state index in [1.54, 1.807) is 0 Å². The molecule has 0 rings (SSSR count). The normalized spacial score (nSPS) is 0. The third kappa shape index (κ3) is 2040. The molecule has 0 aromatic carbocycles. The zero-order valence-electron chi connectivity index (χ0n) is 30.5. The van der Waals surface area contributed by atoms with E-state index < -0.39 is 0 Å². The molecule has 362 valence electrons. The molecule has 0 aliphatic carbocycles. The third-order valence-corrected chi connectivity index (χ3v) is 0. The minimum atomic E-state index is 0. The molecule has 0 amide bonds. The van der Waals surface area contributed by atoms with Gasteiger partial charge in [-0.1, -0.05) is 0 Å². The molecule has 0 aliphatic rings. The second-order valence-electron chi connectivity index (χ2n) is 0. The van der Waals surface area contributed by atoms with Gasteiger partial charge in [0.05, 0.1) is 0 Å². The summed E-state index contributed by atoms with van der Waals surface area (Å²) < 4.78 is 0. The minimum absolute atomic E-state index is 0. The molecular formula is H23Ca3Na3Nb3O46Ta3Ti3U3. The molecule has 0 aliphatic heterocycles. The predicted octanol–water partition coefficient (Wildman–Crippen LogP) is -17.0. The molecule has 0 fully saturated rings. The van der Waals surface area contributed by atoms with Crippen LogP contribution < -0.4 is 88.7 Å². The van der Waals surface area contributed by atoms with Gasteiger partial charge in [0, 0.05) is 0 Å². The van der Waals surface area contributed by atoms with Crippen LogP contribution in [0.3, 0.4) is 0 Å². The van der Waals surface area contributed by atoms with Gasteiger partial charge in [-0.15, -0.1) is 0 Å². The first kappa shape index (κ1) is 2200. The Morgan fingerprint density at radius 2 is 0.125 bits per heavy atom. The number of hydrogen-bond acceptors (Lipinski definition) is 23. The summed E-state index contributed by atoms with van der Waals surface area (Å²) in [6.45, 7) is 0. The molecule has 0 atom stereocenters. The van der Waals surface area contributed by atoms with Crippen molar-refractivity contribution < 1.29 is 633 Å². The van der Waals surface area contributed by atoms with E-state index in [4.69, 9.17) is 0 Å². The Balaban J connectivity index is 0. The molecule has 23 N–H and O–H groups in total.